The van der Waals surface area contributed by atoms with Crippen molar-refractivity contribution in [3.8, 4) is 6.07 Å². The average Bonchev–Trinajstić information content (AvgIpc) is 2.41. The molecule has 1 aromatic carbocycles. The van der Waals surface area contributed by atoms with Crippen LogP contribution in [0.25, 0.3) is 0 Å². The highest BCUT2D eigenvalue weighted by atomic mass is 16.6. The van der Waals surface area contributed by atoms with Gasteiger partial charge in [0.15, 0.2) is 0 Å². The van der Waals surface area contributed by atoms with Gasteiger partial charge in [-0.05, 0) is 18.4 Å². The molecule has 2 unspecified atom stereocenters. The van der Waals surface area contributed by atoms with Crippen molar-refractivity contribution in [1.29, 1.82) is 5.26 Å². The Balaban J connectivity index is 2.30. The minimum atomic E-state index is -0.491. The second-order valence-electron chi connectivity index (χ2n) is 4.95. The van der Waals surface area contributed by atoms with Gasteiger partial charge in [-0.15, -0.1) is 0 Å². The van der Waals surface area contributed by atoms with Crippen LogP contribution in [0.4, 0.5) is 11.4 Å². The van der Waals surface area contributed by atoms with E-state index in [1.807, 2.05) is 11.0 Å². The van der Waals surface area contributed by atoms with Gasteiger partial charge in [0, 0.05) is 31.3 Å². The van der Waals surface area contributed by atoms with E-state index in [9.17, 15) is 10.1 Å². The monoisotopic (exact) mass is 260 g/mol. The number of hydrogen-bond acceptors (Lipinski definition) is 5. The molecule has 2 N–H and O–H groups in total. The molecule has 2 rings (SSSR count). The molecule has 0 bridgehead atoms. The number of nitriles is 1. The highest BCUT2D eigenvalue weighted by molar-refractivity contribution is 5.63. The molecule has 1 aliphatic rings. The first-order valence-electron chi connectivity index (χ1n) is 6.22. The maximum absolute atomic E-state index is 10.7. The lowest BCUT2D eigenvalue weighted by Crippen LogP contribution is -2.47. The zero-order chi connectivity index (χ0) is 14.0. The zero-order valence-corrected chi connectivity index (χ0v) is 10.7. The second-order valence-corrected chi connectivity index (χ2v) is 4.95. The van der Waals surface area contributed by atoms with Crippen LogP contribution in [0.15, 0.2) is 18.2 Å². The molecule has 0 saturated carbocycles. The topological polar surface area (TPSA) is 96.2 Å². The largest absolute Gasteiger partial charge is 0.369 e. The Morgan fingerprint density at radius 2 is 2.32 bits per heavy atom. The van der Waals surface area contributed by atoms with Gasteiger partial charge in [0.2, 0.25) is 0 Å². The predicted octanol–water partition coefficient (Wildman–Crippen LogP) is 1.64. The van der Waals surface area contributed by atoms with E-state index in [4.69, 9.17) is 11.0 Å². The van der Waals surface area contributed by atoms with Crippen LogP contribution < -0.4 is 10.6 Å². The van der Waals surface area contributed by atoms with Crippen LogP contribution >= 0.6 is 0 Å². The fraction of sp³-hybridized carbons (Fsp3) is 0.462. The van der Waals surface area contributed by atoms with Gasteiger partial charge in [0.25, 0.3) is 5.69 Å². The average molecular weight is 260 g/mol. The van der Waals surface area contributed by atoms with Gasteiger partial charge in [0.1, 0.15) is 6.07 Å². The van der Waals surface area contributed by atoms with Gasteiger partial charge in [-0.1, -0.05) is 6.92 Å². The summed E-state index contributed by atoms with van der Waals surface area (Å²) in [5, 5.41) is 19.9. The molecule has 1 aliphatic heterocycles. The maximum Gasteiger partial charge on any atom is 0.270 e. The van der Waals surface area contributed by atoms with Gasteiger partial charge < -0.3 is 10.6 Å². The third-order valence-electron chi connectivity index (χ3n) is 3.67. The molecule has 0 amide bonds. The molecular weight excluding hydrogens is 244 g/mol. The van der Waals surface area contributed by atoms with Gasteiger partial charge >= 0.3 is 0 Å². The molecule has 0 aliphatic carbocycles. The predicted molar refractivity (Wildman–Crippen MR) is 71.8 cm³/mol. The summed E-state index contributed by atoms with van der Waals surface area (Å²) in [7, 11) is 0. The molecular formula is C13H16N4O2. The Kier molecular flexibility index (Phi) is 3.67. The van der Waals surface area contributed by atoms with Gasteiger partial charge in [-0.3, -0.25) is 10.1 Å². The van der Waals surface area contributed by atoms with Crippen LogP contribution in [0.3, 0.4) is 0 Å². The number of non-ortho nitro benzene ring substituents is 1. The van der Waals surface area contributed by atoms with E-state index in [1.165, 1.54) is 12.1 Å². The highest BCUT2D eigenvalue weighted by Gasteiger charge is 2.25. The van der Waals surface area contributed by atoms with E-state index in [2.05, 4.69) is 6.92 Å². The van der Waals surface area contributed by atoms with E-state index in [0.29, 0.717) is 18.0 Å². The highest BCUT2D eigenvalue weighted by Crippen LogP contribution is 2.28. The molecule has 1 saturated heterocycles. The van der Waals surface area contributed by atoms with E-state index in [1.54, 1.807) is 6.07 Å². The van der Waals surface area contributed by atoms with Crippen molar-refractivity contribution < 1.29 is 4.92 Å². The Hall–Kier alpha value is -2.13. The number of piperidine rings is 1. The summed E-state index contributed by atoms with van der Waals surface area (Å²) in [6, 6.07) is 6.48. The van der Waals surface area contributed by atoms with Gasteiger partial charge in [-0.2, -0.15) is 5.26 Å². The van der Waals surface area contributed by atoms with Crippen LogP contribution in [-0.2, 0) is 0 Å². The Morgan fingerprint density at radius 3 is 2.89 bits per heavy atom. The van der Waals surface area contributed by atoms with Crippen LogP contribution in [0.5, 0.6) is 0 Å². The van der Waals surface area contributed by atoms with Crippen LogP contribution in [0.2, 0.25) is 0 Å². The molecule has 1 heterocycles. The number of nitrogens with two attached hydrogens (primary N) is 1. The number of nitrogens with zero attached hydrogens (tertiary/aromatic N) is 3. The lowest BCUT2D eigenvalue weighted by atomic mass is 9.93. The summed E-state index contributed by atoms with van der Waals surface area (Å²) in [5.74, 6) is 0.458. The Morgan fingerprint density at radius 1 is 1.58 bits per heavy atom. The summed E-state index contributed by atoms with van der Waals surface area (Å²) >= 11 is 0. The van der Waals surface area contributed by atoms with Gasteiger partial charge in [-0.25, -0.2) is 0 Å². The first kappa shape index (κ1) is 13.3. The van der Waals surface area contributed by atoms with Crippen molar-refractivity contribution in [1.82, 2.24) is 0 Å². The van der Waals surface area contributed by atoms with E-state index >= 15 is 0 Å². The standard InChI is InChI=1S/C13H16N4O2/c1-9-4-5-16(8-12(9)15)13-3-2-11(17(18)19)6-10(13)7-14/h2-3,6,9,12H,4-5,8,15H2,1H3. The number of nitro benzene ring substituents is 1. The molecule has 100 valence electrons. The molecule has 0 spiro atoms. The minimum absolute atomic E-state index is 0.0602. The molecule has 19 heavy (non-hydrogen) atoms. The van der Waals surface area contributed by atoms with E-state index < -0.39 is 4.92 Å². The lowest BCUT2D eigenvalue weighted by molar-refractivity contribution is -0.384. The fourth-order valence-corrected chi connectivity index (χ4v) is 2.32. The first-order valence-corrected chi connectivity index (χ1v) is 6.22. The number of anilines is 1. The van der Waals surface area contributed by atoms with Crippen LogP contribution in [-0.4, -0.2) is 24.1 Å². The molecule has 1 aromatic rings. The van der Waals surface area contributed by atoms with Crippen molar-refractivity contribution in [2.75, 3.05) is 18.0 Å². The smallest absolute Gasteiger partial charge is 0.270 e. The molecule has 6 nitrogen and oxygen atoms in total. The van der Waals surface area contributed by atoms with Crippen molar-refractivity contribution in [3.05, 3.63) is 33.9 Å². The third kappa shape index (κ3) is 2.66. The fourth-order valence-electron chi connectivity index (χ4n) is 2.32. The molecule has 2 atom stereocenters. The minimum Gasteiger partial charge on any atom is -0.369 e. The maximum atomic E-state index is 10.7. The summed E-state index contributed by atoms with van der Waals surface area (Å²) in [6.45, 7) is 3.61. The van der Waals surface area contributed by atoms with Crippen molar-refractivity contribution in [3.63, 3.8) is 0 Å². The lowest BCUT2D eigenvalue weighted by Gasteiger charge is -2.36. The van der Waals surface area contributed by atoms with Crippen LogP contribution in [0, 0.1) is 27.4 Å². The Labute approximate surface area is 111 Å². The van der Waals surface area contributed by atoms with Crippen LogP contribution in [0.1, 0.15) is 18.9 Å². The second kappa shape index (κ2) is 5.24. The first-order chi connectivity index (χ1) is 9.02. The van der Waals surface area contributed by atoms with E-state index in [0.717, 1.165) is 18.7 Å². The van der Waals surface area contributed by atoms with Gasteiger partial charge in [0.05, 0.1) is 16.2 Å². The molecule has 1 fully saturated rings. The number of hydrogen-bond donors (Lipinski definition) is 1. The SMILES string of the molecule is CC1CCN(c2ccc([N+](=O)[O-])cc2C#N)CC1N. The van der Waals surface area contributed by atoms with Crippen molar-refractivity contribution in [2.45, 2.75) is 19.4 Å². The summed E-state index contributed by atoms with van der Waals surface area (Å²) in [4.78, 5) is 12.3. The molecule has 0 radical (unpaired) electrons. The van der Waals surface area contributed by atoms with Crippen molar-refractivity contribution in [2.24, 2.45) is 11.7 Å². The molecule has 0 aromatic heterocycles. The van der Waals surface area contributed by atoms with Crippen molar-refractivity contribution >= 4 is 11.4 Å². The number of nitro groups is 1. The quantitative estimate of drug-likeness (QED) is 0.644. The number of benzene rings is 1. The third-order valence-corrected chi connectivity index (χ3v) is 3.67. The molecule has 6 heteroatoms. The summed E-state index contributed by atoms with van der Waals surface area (Å²) < 4.78 is 0. The van der Waals surface area contributed by atoms with E-state index in [-0.39, 0.29) is 11.7 Å². The summed E-state index contributed by atoms with van der Waals surface area (Å²) in [6.07, 6.45) is 0.961. The zero-order valence-electron chi connectivity index (χ0n) is 10.7. The normalized spacial score (nSPS) is 22.9. The summed E-state index contributed by atoms with van der Waals surface area (Å²) in [5.41, 5.74) is 7.04. The Bertz CT molecular complexity index is 538. The number of rotatable bonds is 2.